The molecule has 1 aliphatic rings. The van der Waals surface area contributed by atoms with Crippen LogP contribution in [0.3, 0.4) is 0 Å². The first-order valence-corrected chi connectivity index (χ1v) is 9.93. The van der Waals surface area contributed by atoms with E-state index in [-0.39, 0.29) is 5.54 Å². The maximum Gasteiger partial charge on any atom is 0.112 e. The van der Waals surface area contributed by atoms with Crippen LogP contribution in [-0.2, 0) is 0 Å². The van der Waals surface area contributed by atoms with Crippen molar-refractivity contribution in [2.45, 2.75) is 46.6 Å². The van der Waals surface area contributed by atoms with E-state index in [1.807, 2.05) is 6.21 Å². The van der Waals surface area contributed by atoms with Gasteiger partial charge in [-0.05, 0) is 52.4 Å². The lowest BCUT2D eigenvalue weighted by Gasteiger charge is -2.39. The molecule has 0 unspecified atom stereocenters. The summed E-state index contributed by atoms with van der Waals surface area (Å²) in [6, 6.07) is 0.323. The predicted molar refractivity (Wildman–Crippen MR) is 117 cm³/mol. The molecule has 0 saturated carbocycles. The number of nitrogens with zero attached hydrogens (tertiary/aromatic N) is 3. The number of likely N-dealkylation sites (N-methyl/N-ethyl adjacent to an activating group) is 1. The van der Waals surface area contributed by atoms with E-state index >= 15 is 0 Å². The van der Waals surface area contributed by atoms with Crippen LogP contribution in [0.2, 0.25) is 0 Å². The number of hydrogen-bond acceptors (Lipinski definition) is 3. The molecule has 0 aliphatic carbocycles. The molecule has 0 spiro atoms. The molecule has 0 N–H and O–H groups in total. The first kappa shape index (κ1) is 22.7. The SMILES string of the molecule is C/C(=C\C(=C/C(C)C)N1CC=CC(C/C=N\CCl)=CC1(C)C)CN(C)C. The number of hydrogen-bond donors (Lipinski definition) is 0. The van der Waals surface area contributed by atoms with E-state index in [1.165, 1.54) is 16.8 Å². The van der Waals surface area contributed by atoms with E-state index in [0.717, 1.165) is 19.5 Å². The van der Waals surface area contributed by atoms with Crippen molar-refractivity contribution in [3.63, 3.8) is 0 Å². The Bertz CT molecular complexity index is 593. The van der Waals surface area contributed by atoms with E-state index in [9.17, 15) is 0 Å². The molecular weight excluding hydrogens is 342 g/mol. The number of aliphatic imine (C=N–C) groups is 1. The van der Waals surface area contributed by atoms with Gasteiger partial charge in [-0.2, -0.15) is 0 Å². The second-order valence-electron chi connectivity index (χ2n) is 8.14. The molecule has 1 heterocycles. The van der Waals surface area contributed by atoms with Gasteiger partial charge in [0.15, 0.2) is 0 Å². The van der Waals surface area contributed by atoms with Crippen LogP contribution in [-0.4, -0.2) is 54.7 Å². The van der Waals surface area contributed by atoms with Crippen molar-refractivity contribution in [1.29, 1.82) is 0 Å². The zero-order chi connectivity index (χ0) is 19.7. The van der Waals surface area contributed by atoms with Crippen molar-refractivity contribution in [2.24, 2.45) is 10.9 Å². The molecule has 0 aromatic rings. The Morgan fingerprint density at radius 1 is 1.38 bits per heavy atom. The topological polar surface area (TPSA) is 18.8 Å². The molecule has 0 aromatic heterocycles. The molecule has 0 atom stereocenters. The van der Waals surface area contributed by atoms with Crippen molar-refractivity contribution < 1.29 is 0 Å². The van der Waals surface area contributed by atoms with E-state index < -0.39 is 0 Å². The fourth-order valence-corrected chi connectivity index (χ4v) is 3.36. The Labute approximate surface area is 165 Å². The van der Waals surface area contributed by atoms with Gasteiger partial charge in [0.1, 0.15) is 6.00 Å². The largest absolute Gasteiger partial charge is 0.359 e. The van der Waals surface area contributed by atoms with Crippen LogP contribution in [0.4, 0.5) is 0 Å². The minimum Gasteiger partial charge on any atom is -0.359 e. The molecule has 1 rings (SSSR count). The number of alkyl halides is 1. The Morgan fingerprint density at radius 2 is 2.08 bits per heavy atom. The molecule has 3 nitrogen and oxygen atoms in total. The highest BCUT2D eigenvalue weighted by Gasteiger charge is 2.26. The van der Waals surface area contributed by atoms with Crippen LogP contribution in [0.15, 0.2) is 52.2 Å². The monoisotopic (exact) mass is 377 g/mol. The lowest BCUT2D eigenvalue weighted by atomic mass is 9.97. The predicted octanol–water partition coefficient (Wildman–Crippen LogP) is 5.27. The Balaban J connectivity index is 3.18. The molecule has 146 valence electrons. The summed E-state index contributed by atoms with van der Waals surface area (Å²) < 4.78 is 0. The van der Waals surface area contributed by atoms with Gasteiger partial charge in [-0.15, -0.1) is 11.6 Å². The van der Waals surface area contributed by atoms with Crippen molar-refractivity contribution in [1.82, 2.24) is 9.80 Å². The van der Waals surface area contributed by atoms with Gasteiger partial charge >= 0.3 is 0 Å². The van der Waals surface area contributed by atoms with Gasteiger partial charge in [-0.3, -0.25) is 4.99 Å². The van der Waals surface area contributed by atoms with Crippen LogP contribution < -0.4 is 0 Å². The summed E-state index contributed by atoms with van der Waals surface area (Å²) in [7, 11) is 4.22. The first-order valence-electron chi connectivity index (χ1n) is 9.39. The average Bonchev–Trinajstić information content (AvgIpc) is 2.63. The van der Waals surface area contributed by atoms with Crippen LogP contribution in [0.5, 0.6) is 0 Å². The molecule has 0 radical (unpaired) electrons. The number of allylic oxidation sites excluding steroid dienone is 4. The van der Waals surface area contributed by atoms with E-state index in [2.05, 4.69) is 93.9 Å². The van der Waals surface area contributed by atoms with Gasteiger partial charge in [-0.25, -0.2) is 0 Å². The third-order valence-electron chi connectivity index (χ3n) is 4.15. The van der Waals surface area contributed by atoms with Crippen molar-refractivity contribution in [3.05, 3.63) is 47.2 Å². The number of rotatable bonds is 8. The maximum atomic E-state index is 5.64. The highest BCUT2D eigenvalue weighted by Crippen LogP contribution is 2.28. The Morgan fingerprint density at radius 3 is 2.65 bits per heavy atom. The van der Waals surface area contributed by atoms with Crippen molar-refractivity contribution >= 4 is 17.8 Å². The van der Waals surface area contributed by atoms with E-state index in [0.29, 0.717) is 11.9 Å². The standard InChI is InChI=1S/C22H36ClN3/c1-18(2)13-21(14-19(3)16-25(6)7)26-12-8-9-20(10-11-24-17-23)15-22(26,4)5/h8-9,11,13-15,18H,10,12,16-17H2,1-7H3/b19-14+,21-13+,24-11-. The van der Waals surface area contributed by atoms with Crippen LogP contribution >= 0.6 is 11.6 Å². The second kappa shape index (κ2) is 10.7. The smallest absolute Gasteiger partial charge is 0.112 e. The summed E-state index contributed by atoms with van der Waals surface area (Å²) in [5, 5.41) is 0. The zero-order valence-electron chi connectivity index (χ0n) is 17.6. The molecule has 0 saturated heterocycles. The molecule has 0 fully saturated rings. The van der Waals surface area contributed by atoms with Crippen molar-refractivity contribution in [2.75, 3.05) is 33.2 Å². The average molecular weight is 378 g/mol. The molecule has 1 aliphatic heterocycles. The van der Waals surface area contributed by atoms with Gasteiger partial charge < -0.3 is 9.80 Å². The molecular formula is C22H36ClN3. The van der Waals surface area contributed by atoms with Gasteiger partial charge in [0.2, 0.25) is 0 Å². The van der Waals surface area contributed by atoms with Crippen LogP contribution in [0, 0.1) is 5.92 Å². The normalized spacial score (nSPS) is 18.8. The van der Waals surface area contributed by atoms with Crippen LogP contribution in [0.1, 0.15) is 41.0 Å². The summed E-state index contributed by atoms with van der Waals surface area (Å²) in [4.78, 5) is 8.82. The lowest BCUT2D eigenvalue weighted by molar-refractivity contribution is 0.242. The minimum atomic E-state index is -0.0801. The fourth-order valence-electron chi connectivity index (χ4n) is 3.26. The zero-order valence-corrected chi connectivity index (χ0v) is 18.3. The van der Waals surface area contributed by atoms with Gasteiger partial charge in [-0.1, -0.05) is 43.7 Å². The quantitative estimate of drug-likeness (QED) is 0.248. The third kappa shape index (κ3) is 7.92. The summed E-state index contributed by atoms with van der Waals surface area (Å²) in [6.45, 7) is 13.1. The van der Waals surface area contributed by atoms with Crippen LogP contribution in [0.25, 0.3) is 0 Å². The fraction of sp³-hybridized carbons (Fsp3) is 0.591. The highest BCUT2D eigenvalue weighted by atomic mass is 35.5. The minimum absolute atomic E-state index is 0.0801. The summed E-state index contributed by atoms with van der Waals surface area (Å²) in [6.07, 6.45) is 14.2. The molecule has 4 heteroatoms. The van der Waals surface area contributed by atoms with Gasteiger partial charge in [0.25, 0.3) is 0 Å². The third-order valence-corrected chi connectivity index (χ3v) is 4.29. The molecule has 0 bridgehead atoms. The maximum absolute atomic E-state index is 5.64. The Kier molecular flexibility index (Phi) is 9.38. The molecule has 26 heavy (non-hydrogen) atoms. The Hall–Kier alpha value is -1.32. The van der Waals surface area contributed by atoms with Crippen molar-refractivity contribution in [3.8, 4) is 0 Å². The summed E-state index contributed by atoms with van der Waals surface area (Å²) in [5.41, 5.74) is 3.86. The summed E-state index contributed by atoms with van der Waals surface area (Å²) in [5.74, 6) is 0.496. The van der Waals surface area contributed by atoms with Gasteiger partial charge in [0, 0.05) is 31.4 Å². The lowest BCUT2D eigenvalue weighted by Crippen LogP contribution is -2.41. The second-order valence-corrected chi connectivity index (χ2v) is 8.38. The van der Waals surface area contributed by atoms with E-state index in [4.69, 9.17) is 11.6 Å². The first-order chi connectivity index (χ1) is 12.2. The highest BCUT2D eigenvalue weighted by molar-refractivity contribution is 6.18. The molecule has 0 aromatic carbocycles. The van der Waals surface area contributed by atoms with E-state index in [1.54, 1.807) is 0 Å². The van der Waals surface area contributed by atoms with Gasteiger partial charge in [0.05, 0.1) is 5.54 Å². The summed E-state index contributed by atoms with van der Waals surface area (Å²) >= 11 is 5.64. The molecule has 0 amide bonds. The number of halogens is 1.